The number of benzene rings is 1. The van der Waals surface area contributed by atoms with Gasteiger partial charge in [-0.15, -0.1) is 0 Å². The highest BCUT2D eigenvalue weighted by atomic mass is 16.5. The van der Waals surface area contributed by atoms with Crippen LogP contribution in [0.5, 0.6) is 5.75 Å². The first-order valence-electron chi connectivity index (χ1n) is 7.00. The SMILES string of the molecule is CC(C)CCNC(=O)NC(=O)COc1cccc(CN)c1. The van der Waals surface area contributed by atoms with Crippen LogP contribution in [0.3, 0.4) is 0 Å². The van der Waals surface area contributed by atoms with E-state index < -0.39 is 11.9 Å². The zero-order chi connectivity index (χ0) is 15.7. The van der Waals surface area contributed by atoms with Crippen molar-refractivity contribution in [1.29, 1.82) is 0 Å². The molecule has 0 saturated heterocycles. The summed E-state index contributed by atoms with van der Waals surface area (Å²) in [4.78, 5) is 23.0. The molecule has 0 radical (unpaired) electrons. The molecule has 0 fully saturated rings. The van der Waals surface area contributed by atoms with Crippen molar-refractivity contribution in [2.75, 3.05) is 13.2 Å². The third kappa shape index (κ3) is 7.31. The Labute approximate surface area is 125 Å². The minimum absolute atomic E-state index is 0.217. The number of ether oxygens (including phenoxy) is 1. The maximum atomic E-state index is 11.6. The monoisotopic (exact) mass is 293 g/mol. The zero-order valence-electron chi connectivity index (χ0n) is 12.5. The fraction of sp³-hybridized carbons (Fsp3) is 0.467. The Balaban J connectivity index is 2.28. The van der Waals surface area contributed by atoms with Crippen LogP contribution in [-0.4, -0.2) is 25.1 Å². The Hall–Kier alpha value is -2.08. The van der Waals surface area contributed by atoms with Gasteiger partial charge >= 0.3 is 6.03 Å². The van der Waals surface area contributed by atoms with Gasteiger partial charge < -0.3 is 15.8 Å². The van der Waals surface area contributed by atoms with E-state index in [4.69, 9.17) is 10.5 Å². The molecule has 0 heterocycles. The molecule has 0 atom stereocenters. The van der Waals surface area contributed by atoms with Crippen LogP contribution in [0.2, 0.25) is 0 Å². The van der Waals surface area contributed by atoms with Gasteiger partial charge in [-0.25, -0.2) is 4.79 Å². The number of hydrogen-bond acceptors (Lipinski definition) is 4. The van der Waals surface area contributed by atoms with Crippen LogP contribution < -0.4 is 21.1 Å². The van der Waals surface area contributed by atoms with Crippen LogP contribution in [0.4, 0.5) is 4.79 Å². The second-order valence-corrected chi connectivity index (χ2v) is 5.13. The van der Waals surface area contributed by atoms with Gasteiger partial charge in [-0.05, 0) is 30.0 Å². The number of nitrogens with two attached hydrogens (primary N) is 1. The van der Waals surface area contributed by atoms with Crippen LogP contribution >= 0.6 is 0 Å². The van der Waals surface area contributed by atoms with Gasteiger partial charge in [0.05, 0.1) is 0 Å². The second kappa shape index (κ2) is 8.97. The maximum absolute atomic E-state index is 11.6. The third-order valence-corrected chi connectivity index (χ3v) is 2.76. The highest BCUT2D eigenvalue weighted by Crippen LogP contribution is 2.12. The molecule has 0 unspecified atom stereocenters. The number of nitrogens with one attached hydrogen (secondary N) is 2. The fourth-order valence-electron chi connectivity index (χ4n) is 1.59. The molecule has 0 aromatic heterocycles. The first-order chi connectivity index (χ1) is 10.0. The van der Waals surface area contributed by atoms with Crippen molar-refractivity contribution in [3.8, 4) is 5.75 Å². The Kier molecular flexibility index (Phi) is 7.25. The Bertz CT molecular complexity index is 475. The van der Waals surface area contributed by atoms with Gasteiger partial charge in [0.15, 0.2) is 6.61 Å². The Morgan fingerprint density at radius 3 is 2.76 bits per heavy atom. The van der Waals surface area contributed by atoms with Crippen molar-refractivity contribution < 1.29 is 14.3 Å². The van der Waals surface area contributed by atoms with E-state index in [9.17, 15) is 9.59 Å². The van der Waals surface area contributed by atoms with Gasteiger partial charge in [0.25, 0.3) is 5.91 Å². The molecule has 116 valence electrons. The van der Waals surface area contributed by atoms with E-state index in [1.165, 1.54) is 0 Å². The standard InChI is InChI=1S/C15H23N3O3/c1-11(2)6-7-17-15(20)18-14(19)10-21-13-5-3-4-12(8-13)9-16/h3-5,8,11H,6-7,9-10,16H2,1-2H3,(H2,17,18,19,20). The van der Waals surface area contributed by atoms with Gasteiger partial charge in [0, 0.05) is 13.1 Å². The minimum atomic E-state index is -0.500. The largest absolute Gasteiger partial charge is 0.484 e. The predicted octanol–water partition coefficient (Wildman–Crippen LogP) is 1.40. The molecule has 1 aromatic rings. The first kappa shape index (κ1) is 17.0. The van der Waals surface area contributed by atoms with E-state index in [1.54, 1.807) is 18.2 Å². The van der Waals surface area contributed by atoms with Gasteiger partial charge in [-0.1, -0.05) is 26.0 Å². The van der Waals surface area contributed by atoms with Gasteiger partial charge in [-0.2, -0.15) is 0 Å². The van der Waals surface area contributed by atoms with E-state index in [2.05, 4.69) is 24.5 Å². The first-order valence-corrected chi connectivity index (χ1v) is 7.00. The van der Waals surface area contributed by atoms with Crippen LogP contribution in [0.25, 0.3) is 0 Å². The molecule has 0 aliphatic rings. The van der Waals surface area contributed by atoms with Gasteiger partial charge in [0.1, 0.15) is 5.75 Å². The summed E-state index contributed by atoms with van der Waals surface area (Å²) < 4.78 is 5.31. The number of imide groups is 1. The minimum Gasteiger partial charge on any atom is -0.484 e. The lowest BCUT2D eigenvalue weighted by molar-refractivity contribution is -0.122. The molecular formula is C15H23N3O3. The van der Waals surface area contributed by atoms with Gasteiger partial charge in [0.2, 0.25) is 0 Å². The number of carbonyl (C=O) groups is 2. The molecule has 1 rings (SSSR count). The summed E-state index contributed by atoms with van der Waals surface area (Å²) in [6.07, 6.45) is 0.865. The lowest BCUT2D eigenvalue weighted by Crippen LogP contribution is -2.42. The molecule has 6 heteroatoms. The van der Waals surface area contributed by atoms with Crippen molar-refractivity contribution >= 4 is 11.9 Å². The topological polar surface area (TPSA) is 93.5 Å². The van der Waals surface area contributed by atoms with Crippen molar-refractivity contribution in [2.24, 2.45) is 11.7 Å². The van der Waals surface area contributed by atoms with E-state index in [0.717, 1.165) is 12.0 Å². The summed E-state index contributed by atoms with van der Waals surface area (Å²) >= 11 is 0. The van der Waals surface area contributed by atoms with Gasteiger partial charge in [-0.3, -0.25) is 10.1 Å². The molecule has 0 spiro atoms. The normalized spacial score (nSPS) is 10.3. The predicted molar refractivity (Wildman–Crippen MR) is 80.8 cm³/mol. The third-order valence-electron chi connectivity index (χ3n) is 2.76. The highest BCUT2D eigenvalue weighted by Gasteiger charge is 2.08. The van der Waals surface area contributed by atoms with Crippen molar-refractivity contribution in [2.45, 2.75) is 26.8 Å². The Morgan fingerprint density at radius 1 is 1.33 bits per heavy atom. The quantitative estimate of drug-likeness (QED) is 0.708. The smallest absolute Gasteiger partial charge is 0.321 e. The number of amides is 3. The number of hydrogen-bond donors (Lipinski definition) is 3. The average Bonchev–Trinajstić information content (AvgIpc) is 2.45. The summed E-state index contributed by atoms with van der Waals surface area (Å²) in [6, 6.07) is 6.66. The van der Waals surface area contributed by atoms with Crippen LogP contribution in [0.1, 0.15) is 25.8 Å². The molecule has 1 aromatic carbocycles. The Morgan fingerprint density at radius 2 is 2.10 bits per heavy atom. The fourth-order valence-corrected chi connectivity index (χ4v) is 1.59. The van der Waals surface area contributed by atoms with E-state index in [-0.39, 0.29) is 6.61 Å². The number of carbonyl (C=O) groups excluding carboxylic acids is 2. The van der Waals surface area contributed by atoms with Crippen molar-refractivity contribution in [3.05, 3.63) is 29.8 Å². The summed E-state index contributed by atoms with van der Waals surface area (Å²) in [5, 5.41) is 4.83. The molecular weight excluding hydrogens is 270 g/mol. The van der Waals surface area contributed by atoms with E-state index in [1.807, 2.05) is 6.07 Å². The van der Waals surface area contributed by atoms with E-state index >= 15 is 0 Å². The summed E-state index contributed by atoms with van der Waals surface area (Å²) in [7, 11) is 0. The highest BCUT2D eigenvalue weighted by molar-refractivity contribution is 5.94. The molecule has 0 saturated carbocycles. The van der Waals surface area contributed by atoms with Crippen molar-refractivity contribution in [3.63, 3.8) is 0 Å². The molecule has 21 heavy (non-hydrogen) atoms. The summed E-state index contributed by atoms with van der Waals surface area (Å²) in [5.41, 5.74) is 6.44. The second-order valence-electron chi connectivity index (χ2n) is 5.13. The molecule has 0 aliphatic carbocycles. The number of rotatable bonds is 7. The van der Waals surface area contributed by atoms with Crippen LogP contribution in [0.15, 0.2) is 24.3 Å². The lowest BCUT2D eigenvalue weighted by atomic mass is 10.1. The van der Waals surface area contributed by atoms with E-state index in [0.29, 0.717) is 24.8 Å². The van der Waals surface area contributed by atoms with Crippen LogP contribution in [-0.2, 0) is 11.3 Å². The summed E-state index contributed by atoms with van der Waals surface area (Å²) in [5.74, 6) is 0.558. The maximum Gasteiger partial charge on any atom is 0.321 e. The van der Waals surface area contributed by atoms with Crippen LogP contribution in [0, 0.1) is 5.92 Å². The lowest BCUT2D eigenvalue weighted by Gasteiger charge is -2.09. The molecule has 0 bridgehead atoms. The number of urea groups is 1. The zero-order valence-corrected chi connectivity index (χ0v) is 12.5. The molecule has 3 amide bonds. The van der Waals surface area contributed by atoms with Crippen molar-refractivity contribution in [1.82, 2.24) is 10.6 Å². The summed E-state index contributed by atoms with van der Waals surface area (Å²) in [6.45, 7) is 4.85. The molecule has 4 N–H and O–H groups in total. The molecule has 0 aliphatic heterocycles. The molecule has 6 nitrogen and oxygen atoms in total. The average molecular weight is 293 g/mol.